The molecule has 0 aliphatic heterocycles. The summed E-state index contributed by atoms with van der Waals surface area (Å²) in [6.45, 7) is 3.01. The van der Waals surface area contributed by atoms with Gasteiger partial charge in [-0.05, 0) is 37.3 Å². The molecule has 1 N–H and O–H groups in total. The van der Waals surface area contributed by atoms with Crippen LogP contribution < -0.4 is 5.32 Å². The third-order valence-electron chi connectivity index (χ3n) is 2.59. The fourth-order valence-corrected chi connectivity index (χ4v) is 3.31. The highest BCUT2D eigenvalue weighted by molar-refractivity contribution is 7.90. The van der Waals surface area contributed by atoms with Gasteiger partial charge in [0.25, 0.3) is 0 Å². The number of likely N-dealkylation sites (N-methyl/N-ethyl adjacent to an activating group) is 1. The maximum Gasteiger partial charge on any atom is 0.147 e. The van der Waals surface area contributed by atoms with Gasteiger partial charge in [0.1, 0.15) is 9.84 Å². The lowest BCUT2D eigenvalue weighted by Crippen LogP contribution is -2.31. The summed E-state index contributed by atoms with van der Waals surface area (Å²) in [5.74, 6) is 0.291. The molecule has 5 heteroatoms. The molecule has 3 nitrogen and oxygen atoms in total. The molecule has 17 heavy (non-hydrogen) atoms. The molecule has 1 aromatic heterocycles. The van der Waals surface area contributed by atoms with Crippen molar-refractivity contribution in [3.8, 4) is 0 Å². The van der Waals surface area contributed by atoms with Crippen LogP contribution in [0.2, 0.25) is 0 Å². The van der Waals surface area contributed by atoms with Crippen molar-refractivity contribution in [2.45, 2.75) is 32.2 Å². The van der Waals surface area contributed by atoms with E-state index < -0.39 is 9.84 Å². The number of hydrogen-bond acceptors (Lipinski definition) is 4. The molecule has 1 atom stereocenters. The summed E-state index contributed by atoms with van der Waals surface area (Å²) in [6.07, 6.45) is 3.95. The maximum absolute atomic E-state index is 11.1. The van der Waals surface area contributed by atoms with Crippen molar-refractivity contribution in [3.63, 3.8) is 0 Å². The molecular formula is C12H21NO2S2. The van der Waals surface area contributed by atoms with E-state index >= 15 is 0 Å². The molecule has 0 radical (unpaired) electrons. The van der Waals surface area contributed by atoms with Gasteiger partial charge in [-0.25, -0.2) is 8.42 Å². The van der Waals surface area contributed by atoms with Crippen LogP contribution in [0.25, 0.3) is 0 Å². The quantitative estimate of drug-likeness (QED) is 0.790. The number of nitrogens with one attached hydrogen (secondary N) is 1. The molecule has 1 rings (SSSR count). The van der Waals surface area contributed by atoms with Gasteiger partial charge in [-0.2, -0.15) is 0 Å². The zero-order chi connectivity index (χ0) is 12.7. The Bertz CT molecular complexity index is 398. The summed E-state index contributed by atoms with van der Waals surface area (Å²) in [5, 5.41) is 5.50. The molecule has 98 valence electrons. The highest BCUT2D eigenvalue weighted by atomic mass is 32.2. The monoisotopic (exact) mass is 275 g/mol. The van der Waals surface area contributed by atoms with E-state index in [-0.39, 0.29) is 0 Å². The van der Waals surface area contributed by atoms with Crippen LogP contribution in [-0.2, 0) is 16.3 Å². The lowest BCUT2D eigenvalue weighted by atomic mass is 10.1. The minimum Gasteiger partial charge on any atom is -0.314 e. The summed E-state index contributed by atoms with van der Waals surface area (Å²) < 4.78 is 22.1. The number of sulfone groups is 1. The van der Waals surface area contributed by atoms with E-state index in [2.05, 4.69) is 29.8 Å². The molecule has 0 spiro atoms. The average molecular weight is 275 g/mol. The van der Waals surface area contributed by atoms with Gasteiger partial charge in [0.2, 0.25) is 0 Å². The van der Waals surface area contributed by atoms with Gasteiger partial charge >= 0.3 is 0 Å². The Balaban J connectivity index is 2.38. The van der Waals surface area contributed by atoms with E-state index in [1.807, 2.05) is 0 Å². The zero-order valence-corrected chi connectivity index (χ0v) is 12.1. The molecule has 0 bridgehead atoms. The van der Waals surface area contributed by atoms with E-state index in [0.29, 0.717) is 11.8 Å². The van der Waals surface area contributed by atoms with E-state index in [9.17, 15) is 8.42 Å². The largest absolute Gasteiger partial charge is 0.314 e. The minimum absolute atomic E-state index is 0.291. The van der Waals surface area contributed by atoms with Gasteiger partial charge in [-0.15, -0.1) is 11.3 Å². The fourth-order valence-electron chi connectivity index (χ4n) is 1.83. The number of rotatable bonds is 8. The van der Waals surface area contributed by atoms with Crippen LogP contribution >= 0.6 is 11.3 Å². The Hall–Kier alpha value is -0.390. The van der Waals surface area contributed by atoms with Crippen LogP contribution in [0.15, 0.2) is 17.5 Å². The molecular weight excluding hydrogens is 254 g/mol. The first-order valence-electron chi connectivity index (χ1n) is 5.94. The maximum atomic E-state index is 11.1. The summed E-state index contributed by atoms with van der Waals surface area (Å²) in [4.78, 5) is 1.36. The molecule has 1 unspecified atom stereocenters. The second-order valence-corrected chi connectivity index (χ2v) is 7.60. The molecule has 0 amide bonds. The highest BCUT2D eigenvalue weighted by Gasteiger charge is 2.10. The minimum atomic E-state index is -2.82. The van der Waals surface area contributed by atoms with Crippen LogP contribution in [0.5, 0.6) is 0 Å². The number of thiophene rings is 1. The van der Waals surface area contributed by atoms with Crippen molar-refractivity contribution in [1.29, 1.82) is 0 Å². The van der Waals surface area contributed by atoms with Gasteiger partial charge in [0, 0.05) is 22.9 Å². The Labute approximate surface area is 108 Å². The summed E-state index contributed by atoms with van der Waals surface area (Å²) in [7, 11) is -2.82. The van der Waals surface area contributed by atoms with E-state index in [1.54, 1.807) is 11.3 Å². The van der Waals surface area contributed by atoms with Gasteiger partial charge in [-0.1, -0.05) is 13.0 Å². The summed E-state index contributed by atoms with van der Waals surface area (Å²) in [6, 6.07) is 4.57. The van der Waals surface area contributed by atoms with Crippen molar-refractivity contribution >= 4 is 21.2 Å². The van der Waals surface area contributed by atoms with Crippen LogP contribution in [0.4, 0.5) is 0 Å². The predicted octanol–water partition coefficient (Wildman–Crippen LogP) is 2.09. The zero-order valence-electron chi connectivity index (χ0n) is 10.5. The first-order valence-corrected chi connectivity index (χ1v) is 8.88. The Morgan fingerprint density at radius 3 is 2.76 bits per heavy atom. The van der Waals surface area contributed by atoms with Crippen molar-refractivity contribution in [2.75, 3.05) is 18.6 Å². The highest BCUT2D eigenvalue weighted by Crippen LogP contribution is 2.13. The second-order valence-electron chi connectivity index (χ2n) is 4.31. The molecule has 0 aromatic carbocycles. The standard InChI is InChI=1S/C12H21NO2S2/c1-3-13-11(6-5-9-17(2,14)15)10-12-7-4-8-16-12/h4,7-8,11,13H,3,5-6,9-10H2,1-2H3. The van der Waals surface area contributed by atoms with E-state index in [1.165, 1.54) is 11.1 Å². The molecule has 1 heterocycles. The third kappa shape index (κ3) is 6.81. The van der Waals surface area contributed by atoms with Crippen LogP contribution in [0.3, 0.4) is 0 Å². The molecule has 1 aromatic rings. The van der Waals surface area contributed by atoms with Crippen molar-refractivity contribution < 1.29 is 8.42 Å². The molecule has 0 fully saturated rings. The fraction of sp³-hybridized carbons (Fsp3) is 0.667. The van der Waals surface area contributed by atoms with E-state index in [4.69, 9.17) is 0 Å². The normalized spacial score (nSPS) is 13.8. The Kier molecular flexibility index (Phi) is 6.16. The van der Waals surface area contributed by atoms with Gasteiger partial charge in [-0.3, -0.25) is 0 Å². The van der Waals surface area contributed by atoms with Crippen molar-refractivity contribution in [3.05, 3.63) is 22.4 Å². The van der Waals surface area contributed by atoms with Crippen LogP contribution in [-0.4, -0.2) is 33.0 Å². The molecule has 0 aliphatic carbocycles. The molecule has 0 saturated carbocycles. The molecule has 0 saturated heterocycles. The topological polar surface area (TPSA) is 46.2 Å². The summed E-state index contributed by atoms with van der Waals surface area (Å²) >= 11 is 1.76. The van der Waals surface area contributed by atoms with Crippen molar-refractivity contribution in [2.24, 2.45) is 0 Å². The summed E-state index contributed by atoms with van der Waals surface area (Å²) in [5.41, 5.74) is 0. The van der Waals surface area contributed by atoms with Gasteiger partial charge in [0.15, 0.2) is 0 Å². The lowest BCUT2D eigenvalue weighted by molar-refractivity contribution is 0.487. The second kappa shape index (κ2) is 7.13. The smallest absolute Gasteiger partial charge is 0.147 e. The van der Waals surface area contributed by atoms with Crippen molar-refractivity contribution in [1.82, 2.24) is 5.32 Å². The van der Waals surface area contributed by atoms with E-state index in [0.717, 1.165) is 25.8 Å². The SMILES string of the molecule is CCNC(CCCS(C)(=O)=O)Cc1cccs1. The van der Waals surface area contributed by atoms with Crippen LogP contribution in [0.1, 0.15) is 24.6 Å². The van der Waals surface area contributed by atoms with Gasteiger partial charge < -0.3 is 5.32 Å². The number of hydrogen-bond donors (Lipinski definition) is 1. The predicted molar refractivity (Wildman–Crippen MR) is 74.4 cm³/mol. The Morgan fingerprint density at radius 1 is 1.47 bits per heavy atom. The third-order valence-corrected chi connectivity index (χ3v) is 4.52. The van der Waals surface area contributed by atoms with Crippen LogP contribution in [0, 0.1) is 0 Å². The van der Waals surface area contributed by atoms with Gasteiger partial charge in [0.05, 0.1) is 0 Å². The first kappa shape index (κ1) is 14.7. The molecule has 0 aliphatic rings. The average Bonchev–Trinajstić information content (AvgIpc) is 2.68. The first-order chi connectivity index (χ1) is 8.01. The lowest BCUT2D eigenvalue weighted by Gasteiger charge is -2.16. The Morgan fingerprint density at radius 2 is 2.24 bits per heavy atom.